The second-order valence-corrected chi connectivity index (χ2v) is 2.60. The summed E-state index contributed by atoms with van der Waals surface area (Å²) < 4.78 is 0. The maximum absolute atomic E-state index is 10.4. The molecule has 13 heavy (non-hydrogen) atoms. The molecule has 0 heterocycles. The molecule has 0 fully saturated rings. The van der Waals surface area contributed by atoms with E-state index in [0.717, 1.165) is 18.3 Å². The number of carbonyl (C=O) groups excluding carboxylic acids is 1. The molecule has 0 amide bonds. The number of allylic oxidation sites excluding steroid dienone is 7. The largest absolute Gasteiger partial charge is 0.298 e. The molecule has 0 spiro atoms. The molecule has 1 aliphatic carbocycles. The Morgan fingerprint density at radius 1 is 1.54 bits per heavy atom. The zero-order chi connectivity index (χ0) is 9.52. The van der Waals surface area contributed by atoms with Crippen LogP contribution in [0.4, 0.5) is 0 Å². The van der Waals surface area contributed by atoms with Crippen LogP contribution in [0.2, 0.25) is 0 Å². The molecule has 0 atom stereocenters. The lowest BCUT2D eigenvalue weighted by molar-refractivity contribution is -0.104. The van der Waals surface area contributed by atoms with Crippen LogP contribution in [0.25, 0.3) is 0 Å². The van der Waals surface area contributed by atoms with E-state index in [-0.39, 0.29) is 0 Å². The number of hydroxylamine groups is 1. The normalized spacial score (nSPS) is 19.2. The summed E-state index contributed by atoms with van der Waals surface area (Å²) in [6.45, 7) is 0. The number of rotatable bonds is 3. The van der Waals surface area contributed by atoms with Crippen LogP contribution in [0.15, 0.2) is 47.7 Å². The van der Waals surface area contributed by atoms with Crippen LogP contribution < -0.4 is 5.48 Å². The summed E-state index contributed by atoms with van der Waals surface area (Å²) in [5, 5.41) is 8.24. The van der Waals surface area contributed by atoms with Crippen molar-refractivity contribution in [3.05, 3.63) is 47.7 Å². The van der Waals surface area contributed by atoms with Crippen molar-refractivity contribution >= 4 is 6.29 Å². The molecular formula is C10H11NO2. The van der Waals surface area contributed by atoms with Gasteiger partial charge in [0.2, 0.25) is 0 Å². The molecule has 0 aromatic heterocycles. The van der Waals surface area contributed by atoms with Gasteiger partial charge < -0.3 is 0 Å². The maximum atomic E-state index is 10.4. The molecule has 68 valence electrons. The molecule has 1 rings (SSSR count). The second-order valence-electron chi connectivity index (χ2n) is 2.60. The van der Waals surface area contributed by atoms with E-state index in [1.54, 1.807) is 12.2 Å². The van der Waals surface area contributed by atoms with Crippen LogP contribution in [-0.4, -0.2) is 11.5 Å². The monoisotopic (exact) mass is 177 g/mol. The Hall–Kier alpha value is -1.61. The minimum Gasteiger partial charge on any atom is -0.298 e. The minimum atomic E-state index is 0.669. The number of hydrogen-bond acceptors (Lipinski definition) is 3. The SMILES string of the molecule is O=CC1=C/C(=C/C=C\NO)CC=C1. The van der Waals surface area contributed by atoms with Crippen LogP contribution in [0, 0.1) is 0 Å². The maximum Gasteiger partial charge on any atom is 0.150 e. The lowest BCUT2D eigenvalue weighted by Crippen LogP contribution is -1.92. The van der Waals surface area contributed by atoms with Crippen molar-refractivity contribution < 1.29 is 10.0 Å². The van der Waals surface area contributed by atoms with Gasteiger partial charge in [-0.25, -0.2) is 0 Å². The van der Waals surface area contributed by atoms with Gasteiger partial charge in [0.15, 0.2) is 0 Å². The Balaban J connectivity index is 2.68. The third kappa shape index (κ3) is 3.09. The molecule has 0 bridgehead atoms. The Labute approximate surface area is 76.7 Å². The van der Waals surface area contributed by atoms with Crippen molar-refractivity contribution in [1.82, 2.24) is 5.48 Å². The first-order chi connectivity index (χ1) is 6.36. The molecule has 3 nitrogen and oxygen atoms in total. The van der Waals surface area contributed by atoms with E-state index in [2.05, 4.69) is 0 Å². The molecule has 3 heteroatoms. The highest BCUT2D eigenvalue weighted by molar-refractivity contribution is 5.79. The Morgan fingerprint density at radius 2 is 2.38 bits per heavy atom. The van der Waals surface area contributed by atoms with Crippen molar-refractivity contribution in [2.45, 2.75) is 6.42 Å². The summed E-state index contributed by atoms with van der Waals surface area (Å²) >= 11 is 0. The van der Waals surface area contributed by atoms with Gasteiger partial charge in [-0.15, -0.1) is 0 Å². The summed E-state index contributed by atoms with van der Waals surface area (Å²) in [5.41, 5.74) is 3.61. The molecular weight excluding hydrogens is 166 g/mol. The van der Waals surface area contributed by atoms with E-state index in [9.17, 15) is 4.79 Å². The Morgan fingerprint density at radius 3 is 3.08 bits per heavy atom. The lowest BCUT2D eigenvalue weighted by atomic mass is 10.0. The highest BCUT2D eigenvalue weighted by atomic mass is 16.5. The third-order valence-corrected chi connectivity index (χ3v) is 1.63. The summed E-state index contributed by atoms with van der Waals surface area (Å²) in [7, 11) is 0. The van der Waals surface area contributed by atoms with Gasteiger partial charge in [0.1, 0.15) is 6.29 Å². The van der Waals surface area contributed by atoms with E-state index >= 15 is 0 Å². The fourth-order valence-corrected chi connectivity index (χ4v) is 1.06. The topological polar surface area (TPSA) is 49.3 Å². The van der Waals surface area contributed by atoms with E-state index in [0.29, 0.717) is 5.57 Å². The number of carbonyl (C=O) groups is 1. The smallest absolute Gasteiger partial charge is 0.150 e. The van der Waals surface area contributed by atoms with Gasteiger partial charge in [-0.2, -0.15) is 0 Å². The molecule has 0 aliphatic heterocycles. The predicted molar refractivity (Wildman–Crippen MR) is 50.0 cm³/mol. The third-order valence-electron chi connectivity index (χ3n) is 1.63. The Kier molecular flexibility index (Phi) is 3.73. The van der Waals surface area contributed by atoms with Crippen LogP contribution >= 0.6 is 0 Å². The standard InChI is InChI=1S/C10H11NO2/c12-8-10-4-1-3-9(7-10)5-2-6-11-13/h1-2,4-8,11,13H,3H2/b6-2-,9-5+. The van der Waals surface area contributed by atoms with E-state index < -0.39 is 0 Å². The van der Waals surface area contributed by atoms with Crippen molar-refractivity contribution in [3.63, 3.8) is 0 Å². The van der Waals surface area contributed by atoms with E-state index in [1.807, 2.05) is 23.7 Å². The van der Waals surface area contributed by atoms with E-state index in [1.165, 1.54) is 6.20 Å². The van der Waals surface area contributed by atoms with E-state index in [4.69, 9.17) is 5.21 Å². The summed E-state index contributed by atoms with van der Waals surface area (Å²) in [6.07, 6.45) is 12.1. The van der Waals surface area contributed by atoms with Crippen molar-refractivity contribution in [2.75, 3.05) is 0 Å². The molecule has 0 saturated heterocycles. The first-order valence-electron chi connectivity index (χ1n) is 3.95. The summed E-state index contributed by atoms with van der Waals surface area (Å²) in [6, 6.07) is 0. The van der Waals surface area contributed by atoms with Gasteiger partial charge >= 0.3 is 0 Å². The van der Waals surface area contributed by atoms with Crippen LogP contribution in [0.5, 0.6) is 0 Å². The van der Waals surface area contributed by atoms with Crippen LogP contribution in [0.1, 0.15) is 6.42 Å². The molecule has 0 aromatic carbocycles. The second kappa shape index (κ2) is 5.11. The first kappa shape index (κ1) is 9.48. The Bertz CT molecular complexity index is 298. The molecule has 0 saturated carbocycles. The molecule has 1 aliphatic rings. The molecule has 0 aromatic rings. The lowest BCUT2D eigenvalue weighted by Gasteiger charge is -2.02. The van der Waals surface area contributed by atoms with Crippen molar-refractivity contribution in [1.29, 1.82) is 0 Å². The average molecular weight is 177 g/mol. The molecule has 0 unspecified atom stereocenters. The van der Waals surface area contributed by atoms with Crippen LogP contribution in [0.3, 0.4) is 0 Å². The average Bonchev–Trinajstić information content (AvgIpc) is 2.19. The fourth-order valence-electron chi connectivity index (χ4n) is 1.06. The van der Waals surface area contributed by atoms with Gasteiger partial charge in [0, 0.05) is 11.8 Å². The van der Waals surface area contributed by atoms with Crippen LogP contribution in [-0.2, 0) is 4.79 Å². The quantitative estimate of drug-likeness (QED) is 0.507. The number of nitrogens with one attached hydrogen (secondary N) is 1. The summed E-state index contributed by atoms with van der Waals surface area (Å²) in [4.78, 5) is 10.4. The predicted octanol–water partition coefficient (Wildman–Crippen LogP) is 1.49. The highest BCUT2D eigenvalue weighted by Crippen LogP contribution is 2.14. The zero-order valence-electron chi connectivity index (χ0n) is 7.10. The minimum absolute atomic E-state index is 0.669. The van der Waals surface area contributed by atoms with Gasteiger partial charge in [0.05, 0.1) is 0 Å². The summed E-state index contributed by atoms with van der Waals surface area (Å²) in [5.74, 6) is 0. The van der Waals surface area contributed by atoms with Gasteiger partial charge in [-0.3, -0.25) is 15.5 Å². The zero-order valence-corrected chi connectivity index (χ0v) is 7.10. The highest BCUT2D eigenvalue weighted by Gasteiger charge is 1.98. The first-order valence-corrected chi connectivity index (χ1v) is 3.95. The van der Waals surface area contributed by atoms with Crippen molar-refractivity contribution in [3.8, 4) is 0 Å². The number of hydrogen-bond donors (Lipinski definition) is 2. The van der Waals surface area contributed by atoms with Gasteiger partial charge in [0.25, 0.3) is 0 Å². The number of aldehydes is 1. The van der Waals surface area contributed by atoms with Gasteiger partial charge in [-0.05, 0) is 24.1 Å². The fraction of sp³-hybridized carbons (Fsp3) is 0.100. The van der Waals surface area contributed by atoms with Crippen molar-refractivity contribution in [2.24, 2.45) is 0 Å². The molecule has 0 radical (unpaired) electrons. The van der Waals surface area contributed by atoms with Gasteiger partial charge in [-0.1, -0.05) is 18.2 Å². The molecule has 2 N–H and O–H groups in total.